The molecule has 0 radical (unpaired) electrons. The van der Waals surface area contributed by atoms with Crippen molar-refractivity contribution in [2.75, 3.05) is 32.2 Å². The van der Waals surface area contributed by atoms with E-state index in [-0.39, 0.29) is 13.2 Å². The molecule has 3 rings (SSSR count). The fourth-order valence-electron chi connectivity index (χ4n) is 2.36. The van der Waals surface area contributed by atoms with Crippen LogP contribution in [-0.4, -0.2) is 47.4 Å². The van der Waals surface area contributed by atoms with Crippen LogP contribution < -0.4 is 9.64 Å². The predicted molar refractivity (Wildman–Crippen MR) is 106 cm³/mol. The molecule has 1 N–H and O–H groups in total. The van der Waals surface area contributed by atoms with Gasteiger partial charge in [0.2, 0.25) is 0 Å². The molecule has 6 nitrogen and oxygen atoms in total. The highest BCUT2D eigenvalue weighted by Crippen LogP contribution is 2.25. The Morgan fingerprint density at radius 3 is 2.56 bits per heavy atom. The minimum atomic E-state index is -0.00310. The molecule has 0 saturated heterocycles. The monoisotopic (exact) mass is 446 g/mol. The summed E-state index contributed by atoms with van der Waals surface area (Å²) in [7, 11) is 4.03. The number of aliphatic hydroxyl groups excluding tert-OH is 1. The molecule has 0 unspecified atom stereocenters. The van der Waals surface area contributed by atoms with Crippen LogP contribution >= 0.6 is 22.6 Å². The van der Waals surface area contributed by atoms with E-state index in [2.05, 4.69) is 49.9 Å². The molecule has 0 saturated carbocycles. The number of anilines is 1. The molecule has 0 amide bonds. The molecule has 1 heterocycles. The number of aliphatic hydroxyl groups is 1. The maximum absolute atomic E-state index is 8.86. The number of halogens is 1. The lowest BCUT2D eigenvalue weighted by molar-refractivity contribution is 0.200. The smallest absolute Gasteiger partial charge is 0.132 e. The maximum atomic E-state index is 8.86. The Morgan fingerprint density at radius 2 is 1.92 bits per heavy atom. The standard InChI is InChI=1S/C18H19IN4O2/c1-22(2)14-5-3-13(4-6-14)17-12-23(21-20-17)15-7-8-18(16(19)11-15)25-10-9-24/h3-8,11-12,24H,9-10H2,1-2H3/i19-4. The average Bonchev–Trinajstić information content (AvgIpc) is 3.11. The summed E-state index contributed by atoms with van der Waals surface area (Å²) in [4.78, 5) is 2.06. The van der Waals surface area contributed by atoms with Gasteiger partial charge in [0, 0.05) is 25.3 Å². The third-order valence-corrected chi connectivity index (χ3v) is 4.54. The van der Waals surface area contributed by atoms with Crippen LogP contribution in [0, 0.1) is 3.57 Å². The van der Waals surface area contributed by atoms with Gasteiger partial charge in [-0.25, -0.2) is 4.68 Å². The average molecular weight is 446 g/mol. The van der Waals surface area contributed by atoms with Crippen LogP contribution in [-0.2, 0) is 0 Å². The van der Waals surface area contributed by atoms with Gasteiger partial charge in [0.1, 0.15) is 18.1 Å². The van der Waals surface area contributed by atoms with Crippen LogP contribution in [0.3, 0.4) is 0 Å². The van der Waals surface area contributed by atoms with E-state index in [1.807, 2.05) is 50.6 Å². The molecule has 130 valence electrons. The van der Waals surface area contributed by atoms with Crippen molar-refractivity contribution in [2.24, 2.45) is 0 Å². The van der Waals surface area contributed by atoms with E-state index < -0.39 is 0 Å². The third-order valence-electron chi connectivity index (χ3n) is 3.70. The summed E-state index contributed by atoms with van der Waals surface area (Å²) in [5, 5.41) is 17.4. The lowest BCUT2D eigenvalue weighted by atomic mass is 10.1. The number of benzene rings is 2. The second kappa shape index (κ2) is 7.83. The van der Waals surface area contributed by atoms with Gasteiger partial charge >= 0.3 is 0 Å². The van der Waals surface area contributed by atoms with E-state index in [0.29, 0.717) is 0 Å². The summed E-state index contributed by atoms with van der Waals surface area (Å²) >= 11 is 2.21. The zero-order valence-corrected chi connectivity index (χ0v) is 16.2. The molecule has 0 aliphatic rings. The number of hydrogen-bond acceptors (Lipinski definition) is 5. The summed E-state index contributed by atoms with van der Waals surface area (Å²) < 4.78 is 8.17. The maximum Gasteiger partial charge on any atom is 0.132 e. The number of ether oxygens (including phenoxy) is 1. The largest absolute Gasteiger partial charge is 0.490 e. The Kier molecular flexibility index (Phi) is 5.54. The first-order valence-electron chi connectivity index (χ1n) is 7.82. The summed E-state index contributed by atoms with van der Waals surface area (Å²) in [5.41, 5.74) is 3.89. The van der Waals surface area contributed by atoms with Gasteiger partial charge in [0.15, 0.2) is 0 Å². The molecule has 0 fully saturated rings. The van der Waals surface area contributed by atoms with Gasteiger partial charge in [-0.1, -0.05) is 17.3 Å². The van der Waals surface area contributed by atoms with E-state index >= 15 is 0 Å². The van der Waals surface area contributed by atoms with Crippen molar-refractivity contribution in [3.8, 4) is 22.7 Å². The van der Waals surface area contributed by atoms with Gasteiger partial charge < -0.3 is 14.7 Å². The number of rotatable bonds is 6. The van der Waals surface area contributed by atoms with Crippen molar-refractivity contribution in [3.05, 3.63) is 52.2 Å². The van der Waals surface area contributed by atoms with Crippen LogP contribution in [0.15, 0.2) is 48.7 Å². The van der Waals surface area contributed by atoms with E-state index in [9.17, 15) is 0 Å². The minimum Gasteiger partial charge on any atom is -0.490 e. The highest BCUT2D eigenvalue weighted by Gasteiger charge is 2.08. The highest BCUT2D eigenvalue weighted by molar-refractivity contribution is 14.1. The lowest BCUT2D eigenvalue weighted by Gasteiger charge is -2.11. The third kappa shape index (κ3) is 4.10. The Hall–Kier alpha value is -2.13. The van der Waals surface area contributed by atoms with Crippen LogP contribution in [0.5, 0.6) is 5.75 Å². The SMILES string of the molecule is CN(C)c1ccc(-c2cn(-c3ccc(OCCO)c([123I])c3)nn2)cc1. The van der Waals surface area contributed by atoms with Crippen molar-refractivity contribution in [1.29, 1.82) is 0 Å². The number of nitrogens with zero attached hydrogens (tertiary/aromatic N) is 4. The van der Waals surface area contributed by atoms with Gasteiger partial charge in [-0.05, 0) is 52.9 Å². The second-order valence-electron chi connectivity index (χ2n) is 5.68. The quantitative estimate of drug-likeness (QED) is 0.590. The van der Waals surface area contributed by atoms with Gasteiger partial charge in [0.05, 0.1) is 22.1 Å². The van der Waals surface area contributed by atoms with Crippen LogP contribution in [0.4, 0.5) is 5.69 Å². The van der Waals surface area contributed by atoms with Crippen molar-refractivity contribution < 1.29 is 9.84 Å². The fourth-order valence-corrected chi connectivity index (χ4v) is 3.01. The topological polar surface area (TPSA) is 63.4 Å². The fraction of sp³-hybridized carbons (Fsp3) is 0.222. The minimum absolute atomic E-state index is 0.00310. The Bertz CT molecular complexity index is 847. The van der Waals surface area contributed by atoms with Gasteiger partial charge in [0.25, 0.3) is 0 Å². The predicted octanol–water partition coefficient (Wildman–Crippen LogP) is 2.98. The van der Waals surface area contributed by atoms with Crippen molar-refractivity contribution >= 4 is 28.3 Å². The molecule has 25 heavy (non-hydrogen) atoms. The molecule has 3 aromatic rings. The van der Waals surface area contributed by atoms with Crippen LogP contribution in [0.25, 0.3) is 16.9 Å². The van der Waals surface area contributed by atoms with Crippen molar-refractivity contribution in [3.63, 3.8) is 0 Å². The highest BCUT2D eigenvalue weighted by atomic mass is 123. The van der Waals surface area contributed by atoms with E-state index in [1.165, 1.54) is 0 Å². The Morgan fingerprint density at radius 1 is 1.16 bits per heavy atom. The first kappa shape index (κ1) is 17.7. The molecule has 0 spiro atoms. The molecule has 0 aliphatic heterocycles. The summed E-state index contributed by atoms with van der Waals surface area (Å²) in [5.74, 6) is 0.748. The van der Waals surface area contributed by atoms with Gasteiger partial charge in [-0.3, -0.25) is 0 Å². The molecular formula is C18H19IN4O2. The molecule has 2 aromatic carbocycles. The normalized spacial score (nSPS) is 10.7. The second-order valence-corrected chi connectivity index (χ2v) is 6.84. The van der Waals surface area contributed by atoms with Crippen LogP contribution in [0.1, 0.15) is 0 Å². The zero-order valence-electron chi connectivity index (χ0n) is 14.1. The summed E-state index contributed by atoms with van der Waals surface area (Å²) in [6.45, 7) is 0.280. The summed E-state index contributed by atoms with van der Waals surface area (Å²) in [6, 6.07) is 14.0. The molecule has 1 aromatic heterocycles. The van der Waals surface area contributed by atoms with Crippen molar-refractivity contribution in [2.45, 2.75) is 0 Å². The van der Waals surface area contributed by atoms with Gasteiger partial charge in [-0.15, -0.1) is 5.10 Å². The molecular weight excluding hydrogens is 427 g/mol. The van der Waals surface area contributed by atoms with Crippen LogP contribution in [0.2, 0.25) is 0 Å². The first-order valence-corrected chi connectivity index (χ1v) is 8.90. The molecule has 7 heteroatoms. The first-order chi connectivity index (χ1) is 12.1. The zero-order chi connectivity index (χ0) is 17.8. The Labute approximate surface area is 160 Å². The summed E-state index contributed by atoms with van der Waals surface area (Å²) in [6.07, 6.45) is 1.91. The van der Waals surface area contributed by atoms with Gasteiger partial charge in [-0.2, -0.15) is 0 Å². The lowest BCUT2D eigenvalue weighted by Crippen LogP contribution is -2.07. The van der Waals surface area contributed by atoms with Crippen molar-refractivity contribution in [1.82, 2.24) is 15.0 Å². The van der Waals surface area contributed by atoms with E-state index in [0.717, 1.165) is 32.0 Å². The molecule has 0 atom stereocenters. The molecule has 0 bridgehead atoms. The molecule has 0 aliphatic carbocycles. The number of hydrogen-bond donors (Lipinski definition) is 1. The van der Waals surface area contributed by atoms with E-state index in [1.54, 1.807) is 4.68 Å². The van der Waals surface area contributed by atoms with E-state index in [4.69, 9.17) is 9.84 Å². The number of aromatic nitrogens is 3. The Balaban J connectivity index is 1.82.